The van der Waals surface area contributed by atoms with Gasteiger partial charge in [-0.15, -0.1) is 10.2 Å². The first-order valence-corrected chi connectivity index (χ1v) is 10.1. The van der Waals surface area contributed by atoms with Crippen LogP contribution in [-0.4, -0.2) is 32.5 Å². The number of nitrogens with one attached hydrogen (secondary N) is 1. The van der Waals surface area contributed by atoms with Crippen LogP contribution in [0.1, 0.15) is 12.5 Å². The highest BCUT2D eigenvalue weighted by Gasteiger charge is 2.21. The molecule has 0 radical (unpaired) electrons. The van der Waals surface area contributed by atoms with Crippen molar-refractivity contribution in [2.75, 3.05) is 12.1 Å². The van der Waals surface area contributed by atoms with Gasteiger partial charge in [-0.2, -0.15) is 0 Å². The minimum Gasteiger partial charge on any atom is -0.454 e. The first-order chi connectivity index (χ1) is 14.1. The van der Waals surface area contributed by atoms with Gasteiger partial charge in [0.1, 0.15) is 0 Å². The van der Waals surface area contributed by atoms with Gasteiger partial charge in [0.15, 0.2) is 22.3 Å². The third-order valence-electron chi connectivity index (χ3n) is 4.87. The van der Waals surface area contributed by atoms with Crippen molar-refractivity contribution >= 4 is 39.9 Å². The Labute approximate surface area is 171 Å². The van der Waals surface area contributed by atoms with E-state index < -0.39 is 0 Å². The minimum atomic E-state index is -0.368. The first-order valence-electron chi connectivity index (χ1n) is 9.21. The molecule has 1 unspecified atom stereocenters. The molecule has 1 amide bonds. The Bertz CT molecular complexity index is 1250. The van der Waals surface area contributed by atoms with Crippen LogP contribution in [0.25, 0.3) is 16.6 Å². The van der Waals surface area contributed by atoms with E-state index in [4.69, 9.17) is 9.47 Å². The Morgan fingerprint density at radius 3 is 2.86 bits per heavy atom. The number of anilines is 1. The summed E-state index contributed by atoms with van der Waals surface area (Å²) in [5.41, 5.74) is 3.61. The van der Waals surface area contributed by atoms with Crippen molar-refractivity contribution < 1.29 is 14.3 Å². The number of para-hydroxylation sites is 1. The lowest BCUT2D eigenvalue weighted by molar-refractivity contribution is -0.115. The Balaban J connectivity index is 1.40. The van der Waals surface area contributed by atoms with Gasteiger partial charge in [-0.1, -0.05) is 30.0 Å². The van der Waals surface area contributed by atoms with Crippen LogP contribution in [0.4, 0.5) is 5.69 Å². The van der Waals surface area contributed by atoms with Gasteiger partial charge in [0, 0.05) is 17.1 Å². The van der Waals surface area contributed by atoms with E-state index >= 15 is 0 Å². The highest BCUT2D eigenvalue weighted by Crippen LogP contribution is 2.34. The van der Waals surface area contributed by atoms with E-state index in [2.05, 4.69) is 28.5 Å². The van der Waals surface area contributed by atoms with Gasteiger partial charge in [0.25, 0.3) is 0 Å². The molecule has 0 saturated carbocycles. The number of pyridine rings is 1. The summed E-state index contributed by atoms with van der Waals surface area (Å²) in [6.45, 7) is 4.11. The zero-order chi connectivity index (χ0) is 20.0. The largest absolute Gasteiger partial charge is 0.454 e. The second-order valence-electron chi connectivity index (χ2n) is 6.84. The predicted molar refractivity (Wildman–Crippen MR) is 112 cm³/mol. The Hall–Kier alpha value is -3.26. The van der Waals surface area contributed by atoms with Crippen LogP contribution < -0.4 is 14.8 Å². The lowest BCUT2D eigenvalue weighted by atomic mass is 10.1. The fourth-order valence-electron chi connectivity index (χ4n) is 3.38. The molecule has 2 aromatic heterocycles. The number of amides is 1. The topological polar surface area (TPSA) is 77.8 Å². The van der Waals surface area contributed by atoms with Gasteiger partial charge in [0.2, 0.25) is 12.7 Å². The molecule has 8 heteroatoms. The molecule has 3 heterocycles. The summed E-state index contributed by atoms with van der Waals surface area (Å²) in [5.74, 6) is 1.19. The lowest BCUT2D eigenvalue weighted by Crippen LogP contribution is -2.22. The van der Waals surface area contributed by atoms with E-state index in [1.54, 1.807) is 18.2 Å². The number of hydrogen-bond acceptors (Lipinski definition) is 6. The highest BCUT2D eigenvalue weighted by molar-refractivity contribution is 8.00. The Kier molecular flexibility index (Phi) is 4.28. The second kappa shape index (κ2) is 6.97. The fourth-order valence-corrected chi connectivity index (χ4v) is 4.25. The number of thioether (sulfide) groups is 1. The summed E-state index contributed by atoms with van der Waals surface area (Å²) < 4.78 is 12.7. The molecule has 1 N–H and O–H groups in total. The highest BCUT2D eigenvalue weighted by atomic mass is 32.2. The first kappa shape index (κ1) is 17.8. The number of aromatic nitrogens is 3. The van der Waals surface area contributed by atoms with E-state index in [9.17, 15) is 4.79 Å². The number of ether oxygens (including phenoxy) is 2. The molecular weight excluding hydrogens is 388 g/mol. The van der Waals surface area contributed by atoms with Crippen LogP contribution in [0.15, 0.2) is 53.7 Å². The summed E-state index contributed by atoms with van der Waals surface area (Å²) in [4.78, 5) is 12.7. The maximum absolute atomic E-state index is 12.7. The van der Waals surface area contributed by atoms with E-state index in [0.717, 1.165) is 22.1 Å². The van der Waals surface area contributed by atoms with Crippen molar-refractivity contribution in [1.29, 1.82) is 0 Å². The molecule has 4 aromatic rings. The van der Waals surface area contributed by atoms with Gasteiger partial charge in [-0.25, -0.2) is 0 Å². The minimum absolute atomic E-state index is 0.123. The molecule has 29 heavy (non-hydrogen) atoms. The van der Waals surface area contributed by atoms with Gasteiger partial charge in [-0.05, 0) is 43.7 Å². The van der Waals surface area contributed by atoms with Crippen LogP contribution in [0, 0.1) is 6.92 Å². The summed E-state index contributed by atoms with van der Waals surface area (Å²) in [6, 6.07) is 15.5. The maximum Gasteiger partial charge on any atom is 0.237 e. The molecule has 7 nitrogen and oxygen atoms in total. The zero-order valence-electron chi connectivity index (χ0n) is 15.9. The molecule has 5 rings (SSSR count). The molecule has 0 bridgehead atoms. The fraction of sp³-hybridized carbons (Fsp3) is 0.190. The molecule has 0 spiro atoms. The van der Waals surface area contributed by atoms with Gasteiger partial charge in [0.05, 0.1) is 10.8 Å². The molecular formula is C21H18N4O3S. The molecule has 2 aromatic carbocycles. The van der Waals surface area contributed by atoms with Crippen molar-refractivity contribution in [3.8, 4) is 11.5 Å². The number of carbonyl (C=O) groups is 1. The third kappa shape index (κ3) is 3.15. The SMILES string of the molecule is Cc1cc2nnc(SC(C)C(=O)Nc3ccc4c(c3)OCO4)n2c2ccccc12. The Morgan fingerprint density at radius 1 is 1.14 bits per heavy atom. The maximum atomic E-state index is 12.7. The molecule has 146 valence electrons. The van der Waals surface area contributed by atoms with Gasteiger partial charge in [-0.3, -0.25) is 9.20 Å². The molecule has 1 atom stereocenters. The predicted octanol–water partition coefficient (Wildman–Crippen LogP) is 4.04. The number of hydrogen-bond donors (Lipinski definition) is 1. The molecule has 0 saturated heterocycles. The monoisotopic (exact) mass is 406 g/mol. The number of aryl methyl sites for hydroxylation is 1. The van der Waals surface area contributed by atoms with Crippen LogP contribution >= 0.6 is 11.8 Å². The van der Waals surface area contributed by atoms with Crippen LogP contribution in [-0.2, 0) is 4.79 Å². The van der Waals surface area contributed by atoms with Crippen molar-refractivity contribution in [3.63, 3.8) is 0 Å². The summed E-state index contributed by atoms with van der Waals surface area (Å²) in [7, 11) is 0. The van der Waals surface area contributed by atoms with Gasteiger partial charge < -0.3 is 14.8 Å². The van der Waals surface area contributed by atoms with Crippen LogP contribution in [0.5, 0.6) is 11.5 Å². The lowest BCUT2D eigenvalue weighted by Gasteiger charge is -2.12. The standard InChI is InChI=1S/C21H18N4O3S/c1-12-9-19-23-24-21(25(19)16-6-4-3-5-15(12)16)29-13(2)20(26)22-14-7-8-17-18(10-14)28-11-27-17/h3-10,13H,11H2,1-2H3,(H,22,26). The van der Waals surface area contributed by atoms with Crippen molar-refractivity contribution in [3.05, 3.63) is 54.1 Å². The quantitative estimate of drug-likeness (QED) is 0.516. The van der Waals surface area contributed by atoms with E-state index in [1.807, 2.05) is 35.6 Å². The van der Waals surface area contributed by atoms with Crippen LogP contribution in [0.3, 0.4) is 0 Å². The third-order valence-corrected chi connectivity index (χ3v) is 5.91. The second-order valence-corrected chi connectivity index (χ2v) is 8.15. The number of rotatable bonds is 4. The summed E-state index contributed by atoms with van der Waals surface area (Å²) in [5, 5.41) is 13.0. The molecule has 0 aliphatic carbocycles. The normalized spacial score (nSPS) is 13.7. The number of nitrogens with zero attached hydrogens (tertiary/aromatic N) is 3. The summed E-state index contributed by atoms with van der Waals surface area (Å²) in [6.07, 6.45) is 0. The van der Waals surface area contributed by atoms with Gasteiger partial charge >= 0.3 is 0 Å². The smallest absolute Gasteiger partial charge is 0.237 e. The number of carbonyl (C=O) groups excluding carboxylic acids is 1. The van der Waals surface area contributed by atoms with Crippen LogP contribution in [0.2, 0.25) is 0 Å². The van der Waals surface area contributed by atoms with E-state index in [-0.39, 0.29) is 18.0 Å². The number of benzene rings is 2. The van der Waals surface area contributed by atoms with Crippen molar-refractivity contribution in [1.82, 2.24) is 14.6 Å². The molecule has 1 aliphatic rings. The number of fused-ring (bicyclic) bond motifs is 4. The summed E-state index contributed by atoms with van der Waals surface area (Å²) >= 11 is 1.37. The van der Waals surface area contributed by atoms with E-state index in [1.165, 1.54) is 11.8 Å². The Morgan fingerprint density at radius 2 is 1.97 bits per heavy atom. The average molecular weight is 406 g/mol. The zero-order valence-corrected chi connectivity index (χ0v) is 16.7. The molecule has 1 aliphatic heterocycles. The van der Waals surface area contributed by atoms with Crippen molar-refractivity contribution in [2.24, 2.45) is 0 Å². The molecule has 0 fully saturated rings. The average Bonchev–Trinajstić information content (AvgIpc) is 3.35. The van der Waals surface area contributed by atoms with E-state index in [0.29, 0.717) is 22.3 Å². The van der Waals surface area contributed by atoms with Crippen molar-refractivity contribution in [2.45, 2.75) is 24.3 Å².